The molecule has 1 atom stereocenters. The fourth-order valence-electron chi connectivity index (χ4n) is 3.80. The number of likely N-dealkylation sites (tertiary alicyclic amines) is 1. The molecule has 4 rings (SSSR count). The predicted molar refractivity (Wildman–Crippen MR) is 101 cm³/mol. The highest BCUT2D eigenvalue weighted by Crippen LogP contribution is 2.26. The Morgan fingerprint density at radius 3 is 2.89 bits per heavy atom. The molecule has 144 valence electrons. The van der Waals surface area contributed by atoms with Crippen molar-refractivity contribution in [3.05, 3.63) is 53.6 Å². The molecule has 0 aliphatic carbocycles. The van der Waals surface area contributed by atoms with Crippen LogP contribution in [0.25, 0.3) is 11.3 Å². The van der Waals surface area contributed by atoms with E-state index in [0.29, 0.717) is 5.56 Å². The number of rotatable bonds is 5. The maximum atomic E-state index is 12.8. The minimum absolute atomic E-state index is 0.0213. The molecular weight excluding hydrogens is 356 g/mol. The van der Waals surface area contributed by atoms with Gasteiger partial charge < -0.3 is 9.42 Å². The molecule has 0 N–H and O–H groups in total. The maximum absolute atomic E-state index is 12.8. The molecule has 3 aromatic rings. The molecular formula is C20H22N6O2. The summed E-state index contributed by atoms with van der Waals surface area (Å²) in [7, 11) is 0. The van der Waals surface area contributed by atoms with Crippen molar-refractivity contribution in [2.45, 2.75) is 45.6 Å². The lowest BCUT2D eigenvalue weighted by Crippen LogP contribution is -2.36. The lowest BCUT2D eigenvalue weighted by molar-refractivity contribution is 0.0730. The van der Waals surface area contributed by atoms with Gasteiger partial charge in [-0.3, -0.25) is 9.78 Å². The van der Waals surface area contributed by atoms with Gasteiger partial charge in [-0.15, -0.1) is 0 Å². The molecule has 0 spiro atoms. The van der Waals surface area contributed by atoms with Crippen LogP contribution < -0.4 is 0 Å². The van der Waals surface area contributed by atoms with E-state index in [4.69, 9.17) is 9.51 Å². The van der Waals surface area contributed by atoms with Crippen molar-refractivity contribution in [3.8, 4) is 11.3 Å². The van der Waals surface area contributed by atoms with Gasteiger partial charge in [0.2, 0.25) is 0 Å². The first-order valence-electron chi connectivity index (χ1n) is 9.45. The van der Waals surface area contributed by atoms with E-state index in [2.05, 4.69) is 20.3 Å². The van der Waals surface area contributed by atoms with E-state index in [9.17, 15) is 4.79 Å². The van der Waals surface area contributed by atoms with E-state index in [-0.39, 0.29) is 11.9 Å². The highest BCUT2D eigenvalue weighted by atomic mass is 16.5. The van der Waals surface area contributed by atoms with Crippen molar-refractivity contribution in [3.63, 3.8) is 0 Å². The first kappa shape index (κ1) is 18.2. The van der Waals surface area contributed by atoms with Crippen molar-refractivity contribution in [2.75, 3.05) is 6.54 Å². The highest BCUT2D eigenvalue weighted by molar-refractivity contribution is 5.94. The second-order valence-corrected chi connectivity index (χ2v) is 7.06. The Hall–Kier alpha value is -3.16. The molecule has 8 nitrogen and oxygen atoms in total. The lowest BCUT2D eigenvalue weighted by Gasteiger charge is -2.24. The largest absolute Gasteiger partial charge is 0.361 e. The zero-order valence-corrected chi connectivity index (χ0v) is 16.0. The SMILES string of the molecule is Cc1noc(C)c1-c1cncc(CC[C@H]2CCCN2C(=O)c2ccnnc2)n1. The molecule has 0 bridgehead atoms. The monoisotopic (exact) mass is 378 g/mol. The Morgan fingerprint density at radius 1 is 1.25 bits per heavy atom. The molecule has 0 radical (unpaired) electrons. The number of carbonyl (C=O) groups is 1. The number of aryl methyl sites for hydroxylation is 3. The van der Waals surface area contributed by atoms with E-state index in [1.54, 1.807) is 24.7 Å². The molecule has 8 heteroatoms. The van der Waals surface area contributed by atoms with Crippen LogP contribution in [-0.2, 0) is 6.42 Å². The van der Waals surface area contributed by atoms with Crippen molar-refractivity contribution in [1.29, 1.82) is 0 Å². The summed E-state index contributed by atoms with van der Waals surface area (Å²) in [6.45, 7) is 4.55. The fourth-order valence-corrected chi connectivity index (χ4v) is 3.80. The molecule has 1 aliphatic rings. The van der Waals surface area contributed by atoms with Gasteiger partial charge in [0.15, 0.2) is 0 Å². The summed E-state index contributed by atoms with van der Waals surface area (Å²) in [6.07, 6.45) is 10.2. The van der Waals surface area contributed by atoms with Gasteiger partial charge in [0.1, 0.15) is 5.76 Å². The smallest absolute Gasteiger partial charge is 0.255 e. The maximum Gasteiger partial charge on any atom is 0.255 e. The van der Waals surface area contributed by atoms with Crippen molar-refractivity contribution in [2.24, 2.45) is 0 Å². The average Bonchev–Trinajstić information content (AvgIpc) is 3.33. The van der Waals surface area contributed by atoms with E-state index >= 15 is 0 Å². The Bertz CT molecular complexity index is 952. The molecule has 1 saturated heterocycles. The molecule has 0 saturated carbocycles. The van der Waals surface area contributed by atoms with E-state index in [1.165, 1.54) is 6.20 Å². The van der Waals surface area contributed by atoms with Crippen molar-refractivity contribution >= 4 is 5.91 Å². The summed E-state index contributed by atoms with van der Waals surface area (Å²) in [5.74, 6) is 0.760. The molecule has 1 amide bonds. The van der Waals surface area contributed by atoms with Gasteiger partial charge in [-0.25, -0.2) is 4.98 Å². The fraction of sp³-hybridized carbons (Fsp3) is 0.400. The topological polar surface area (TPSA) is 97.9 Å². The predicted octanol–water partition coefficient (Wildman–Crippen LogP) is 2.78. The molecule has 0 aromatic carbocycles. The molecule has 1 fully saturated rings. The summed E-state index contributed by atoms with van der Waals surface area (Å²) in [4.78, 5) is 23.8. The molecule has 4 heterocycles. The number of hydrogen-bond donors (Lipinski definition) is 0. The normalized spacial score (nSPS) is 16.5. The number of hydrogen-bond acceptors (Lipinski definition) is 7. The zero-order valence-electron chi connectivity index (χ0n) is 16.0. The third-order valence-electron chi connectivity index (χ3n) is 5.18. The quantitative estimate of drug-likeness (QED) is 0.673. The first-order chi connectivity index (χ1) is 13.6. The minimum atomic E-state index is 0.0213. The Kier molecular flexibility index (Phi) is 5.10. The Morgan fingerprint density at radius 2 is 2.14 bits per heavy atom. The van der Waals surface area contributed by atoms with Crippen LogP contribution in [0, 0.1) is 13.8 Å². The average molecular weight is 378 g/mol. The van der Waals surface area contributed by atoms with Crippen LogP contribution in [0.5, 0.6) is 0 Å². The van der Waals surface area contributed by atoms with Gasteiger partial charge in [0.25, 0.3) is 5.91 Å². The summed E-state index contributed by atoms with van der Waals surface area (Å²) >= 11 is 0. The second-order valence-electron chi connectivity index (χ2n) is 7.06. The van der Waals surface area contributed by atoms with Crippen LogP contribution in [0.2, 0.25) is 0 Å². The highest BCUT2D eigenvalue weighted by Gasteiger charge is 2.29. The van der Waals surface area contributed by atoms with E-state index < -0.39 is 0 Å². The van der Waals surface area contributed by atoms with Crippen LogP contribution in [0.1, 0.15) is 46.8 Å². The van der Waals surface area contributed by atoms with Gasteiger partial charge in [-0.05, 0) is 45.6 Å². The van der Waals surface area contributed by atoms with Gasteiger partial charge >= 0.3 is 0 Å². The summed E-state index contributed by atoms with van der Waals surface area (Å²) in [5, 5.41) is 11.6. The summed E-state index contributed by atoms with van der Waals surface area (Å²) in [6, 6.07) is 1.91. The van der Waals surface area contributed by atoms with Gasteiger partial charge in [0, 0.05) is 18.8 Å². The second kappa shape index (κ2) is 7.84. The summed E-state index contributed by atoms with van der Waals surface area (Å²) < 4.78 is 5.24. The summed E-state index contributed by atoms with van der Waals surface area (Å²) in [5.41, 5.74) is 3.97. The number of nitrogens with zero attached hydrogens (tertiary/aromatic N) is 6. The van der Waals surface area contributed by atoms with E-state index in [0.717, 1.165) is 60.6 Å². The van der Waals surface area contributed by atoms with E-state index in [1.807, 2.05) is 18.7 Å². The van der Waals surface area contributed by atoms with Crippen LogP contribution >= 0.6 is 0 Å². The Balaban J connectivity index is 1.46. The van der Waals surface area contributed by atoms with Gasteiger partial charge in [-0.1, -0.05) is 5.16 Å². The number of amides is 1. The first-order valence-corrected chi connectivity index (χ1v) is 9.45. The van der Waals surface area contributed by atoms with Crippen LogP contribution in [0.15, 0.2) is 35.4 Å². The molecule has 3 aromatic heterocycles. The van der Waals surface area contributed by atoms with Crippen molar-refractivity contribution in [1.82, 2.24) is 30.2 Å². The van der Waals surface area contributed by atoms with Crippen LogP contribution in [-0.4, -0.2) is 48.7 Å². The van der Waals surface area contributed by atoms with Crippen LogP contribution in [0.3, 0.4) is 0 Å². The van der Waals surface area contributed by atoms with Crippen LogP contribution in [0.4, 0.5) is 0 Å². The molecule has 1 aliphatic heterocycles. The molecule has 0 unspecified atom stereocenters. The number of carbonyl (C=O) groups excluding carboxylic acids is 1. The zero-order chi connectivity index (χ0) is 19.5. The molecule has 28 heavy (non-hydrogen) atoms. The standard InChI is InChI=1S/C20H22N6O2/c1-13-19(14(2)28-25-13)18-12-21-11-16(24-18)5-6-17-4-3-9-26(17)20(27)15-7-8-22-23-10-15/h7-8,10-12,17H,3-6,9H2,1-2H3/t17-/m1/s1. The van der Waals surface area contributed by atoms with Gasteiger partial charge in [0.05, 0.1) is 46.8 Å². The van der Waals surface area contributed by atoms with Crippen molar-refractivity contribution < 1.29 is 9.32 Å². The third-order valence-corrected chi connectivity index (χ3v) is 5.18. The Labute approximate surface area is 163 Å². The minimum Gasteiger partial charge on any atom is -0.361 e. The third kappa shape index (κ3) is 3.62. The van der Waals surface area contributed by atoms with Gasteiger partial charge in [-0.2, -0.15) is 10.2 Å². The number of aromatic nitrogens is 5. The lowest BCUT2D eigenvalue weighted by atomic mass is 10.1.